The van der Waals surface area contributed by atoms with Crippen molar-refractivity contribution in [2.45, 2.75) is 11.8 Å². The summed E-state index contributed by atoms with van der Waals surface area (Å²) in [7, 11) is 0. The number of β-amino-alcohol motifs (C(OH)–C–C–N with tert-alkyl or cyclic N) is 1. The van der Waals surface area contributed by atoms with E-state index in [0.717, 1.165) is 45.9 Å². The van der Waals surface area contributed by atoms with Crippen molar-refractivity contribution in [2.24, 2.45) is 0 Å². The number of rotatable bonds is 2. The molecular weight excluding hydrogens is 269 g/mol. The van der Waals surface area contributed by atoms with E-state index in [-0.39, 0.29) is 0 Å². The lowest BCUT2D eigenvalue weighted by Crippen LogP contribution is -2.65. The van der Waals surface area contributed by atoms with Crippen LogP contribution < -0.4 is 5.32 Å². The Morgan fingerprint density at radius 3 is 2.11 bits per heavy atom. The molecule has 0 spiro atoms. The minimum Gasteiger partial charge on any atom is -0.475 e. The quantitative estimate of drug-likeness (QED) is 0.622. The second-order valence-electron chi connectivity index (χ2n) is 4.52. The van der Waals surface area contributed by atoms with Gasteiger partial charge < -0.3 is 20.3 Å². The first-order valence-corrected chi connectivity index (χ1v) is 5.76. The van der Waals surface area contributed by atoms with E-state index < -0.39 is 17.7 Å². The van der Waals surface area contributed by atoms with E-state index in [1.165, 1.54) is 0 Å². The van der Waals surface area contributed by atoms with E-state index in [1.807, 2.05) is 0 Å². The minimum atomic E-state index is -5.08. The molecule has 6 nitrogen and oxygen atoms in total. The second kappa shape index (κ2) is 6.51. The molecule has 0 aliphatic carbocycles. The van der Waals surface area contributed by atoms with E-state index >= 15 is 0 Å². The Labute approximate surface area is 108 Å². The van der Waals surface area contributed by atoms with Gasteiger partial charge in [0.05, 0.1) is 13.2 Å². The third kappa shape index (κ3) is 5.72. The number of nitrogens with zero attached hydrogens (tertiary/aromatic N) is 1. The summed E-state index contributed by atoms with van der Waals surface area (Å²) >= 11 is 0. The molecule has 2 heterocycles. The van der Waals surface area contributed by atoms with Gasteiger partial charge in [0.15, 0.2) is 0 Å². The lowest BCUT2D eigenvalue weighted by Gasteiger charge is -2.42. The van der Waals surface area contributed by atoms with Crippen LogP contribution in [0.1, 0.15) is 0 Å². The van der Waals surface area contributed by atoms with E-state index in [2.05, 4.69) is 10.2 Å². The van der Waals surface area contributed by atoms with E-state index in [0.29, 0.717) is 0 Å². The zero-order valence-electron chi connectivity index (χ0n) is 10.2. The number of halogens is 3. The largest absolute Gasteiger partial charge is 0.490 e. The van der Waals surface area contributed by atoms with Crippen molar-refractivity contribution >= 4 is 5.97 Å². The lowest BCUT2D eigenvalue weighted by atomic mass is 9.96. The highest BCUT2D eigenvalue weighted by molar-refractivity contribution is 5.73. The number of aliphatic carboxylic acids is 1. The van der Waals surface area contributed by atoms with Crippen molar-refractivity contribution in [2.75, 3.05) is 45.9 Å². The molecule has 0 aromatic heterocycles. The normalized spacial score (nSPS) is 22.9. The maximum atomic E-state index is 10.6. The van der Waals surface area contributed by atoms with Crippen molar-refractivity contribution in [3.63, 3.8) is 0 Å². The summed E-state index contributed by atoms with van der Waals surface area (Å²) in [6, 6.07) is 0. The molecular formula is C10H17F3N2O4. The Bertz CT molecular complexity index is 302. The SMILES string of the molecule is O=C(O)C(F)(F)F.OC1(CN2CCOCC2)CNC1. The minimum absolute atomic E-state index is 0.461. The molecule has 0 amide bonds. The highest BCUT2D eigenvalue weighted by Gasteiger charge is 2.38. The topological polar surface area (TPSA) is 82.0 Å². The smallest absolute Gasteiger partial charge is 0.475 e. The number of hydrogen-bond donors (Lipinski definition) is 3. The van der Waals surface area contributed by atoms with Crippen molar-refractivity contribution < 1.29 is 32.9 Å². The number of carboxylic acid groups (broad SMARTS) is 1. The average molecular weight is 286 g/mol. The zero-order chi connectivity index (χ0) is 14.5. The van der Waals surface area contributed by atoms with Gasteiger partial charge in [-0.3, -0.25) is 4.90 Å². The van der Waals surface area contributed by atoms with Gasteiger partial charge in [-0.05, 0) is 0 Å². The van der Waals surface area contributed by atoms with Crippen LogP contribution >= 0.6 is 0 Å². The Hall–Kier alpha value is -0.900. The van der Waals surface area contributed by atoms with Gasteiger partial charge in [-0.25, -0.2) is 4.79 Å². The monoisotopic (exact) mass is 286 g/mol. The summed E-state index contributed by atoms with van der Waals surface area (Å²) in [5.41, 5.74) is -0.461. The predicted octanol–water partition coefficient (Wildman–Crippen LogP) is -0.714. The van der Waals surface area contributed by atoms with Gasteiger partial charge >= 0.3 is 12.1 Å². The van der Waals surface area contributed by atoms with Crippen LogP contribution in [0.5, 0.6) is 0 Å². The summed E-state index contributed by atoms with van der Waals surface area (Å²) in [5.74, 6) is -2.76. The van der Waals surface area contributed by atoms with Gasteiger partial charge in [-0.2, -0.15) is 13.2 Å². The number of ether oxygens (including phenoxy) is 1. The lowest BCUT2D eigenvalue weighted by molar-refractivity contribution is -0.192. The van der Waals surface area contributed by atoms with Crippen LogP contribution in [0, 0.1) is 0 Å². The number of aliphatic hydroxyl groups is 1. The molecule has 0 atom stereocenters. The van der Waals surface area contributed by atoms with Crippen LogP contribution in [0.25, 0.3) is 0 Å². The van der Waals surface area contributed by atoms with Crippen LogP contribution in [-0.4, -0.2) is 78.8 Å². The molecule has 0 saturated carbocycles. The van der Waals surface area contributed by atoms with Crippen molar-refractivity contribution in [3.8, 4) is 0 Å². The molecule has 9 heteroatoms. The molecule has 0 aromatic rings. The fraction of sp³-hybridized carbons (Fsp3) is 0.900. The van der Waals surface area contributed by atoms with Gasteiger partial charge in [0.25, 0.3) is 0 Å². The number of hydrogen-bond acceptors (Lipinski definition) is 5. The van der Waals surface area contributed by atoms with Gasteiger partial charge in [0, 0.05) is 32.7 Å². The van der Waals surface area contributed by atoms with Crippen LogP contribution in [0.4, 0.5) is 13.2 Å². The number of carboxylic acids is 1. The number of morpholine rings is 1. The van der Waals surface area contributed by atoms with Crippen molar-refractivity contribution in [1.29, 1.82) is 0 Å². The third-order valence-electron chi connectivity index (χ3n) is 2.77. The molecule has 112 valence electrons. The number of nitrogens with one attached hydrogen (secondary N) is 1. The fourth-order valence-corrected chi connectivity index (χ4v) is 1.70. The molecule has 2 fully saturated rings. The molecule has 19 heavy (non-hydrogen) atoms. The highest BCUT2D eigenvalue weighted by atomic mass is 19.4. The summed E-state index contributed by atoms with van der Waals surface area (Å²) in [4.78, 5) is 11.2. The van der Waals surface area contributed by atoms with E-state index in [4.69, 9.17) is 14.6 Å². The summed E-state index contributed by atoms with van der Waals surface area (Å²) in [6.45, 7) is 5.82. The first-order chi connectivity index (χ1) is 8.73. The van der Waals surface area contributed by atoms with Gasteiger partial charge in [-0.15, -0.1) is 0 Å². The predicted molar refractivity (Wildman–Crippen MR) is 58.8 cm³/mol. The van der Waals surface area contributed by atoms with Gasteiger partial charge in [0.2, 0.25) is 0 Å². The standard InChI is InChI=1S/C8H16N2O2.C2HF3O2/c11-8(5-9-6-8)7-10-1-3-12-4-2-10;3-2(4,5)1(6)7/h9,11H,1-7H2;(H,6,7). The highest BCUT2D eigenvalue weighted by Crippen LogP contribution is 2.13. The third-order valence-corrected chi connectivity index (χ3v) is 2.77. The first kappa shape index (κ1) is 16.2. The van der Waals surface area contributed by atoms with Crippen LogP contribution in [0.15, 0.2) is 0 Å². The molecule has 0 unspecified atom stereocenters. The number of carbonyl (C=O) groups is 1. The molecule has 0 aromatic carbocycles. The molecule has 0 bridgehead atoms. The van der Waals surface area contributed by atoms with Crippen LogP contribution in [0.2, 0.25) is 0 Å². The first-order valence-electron chi connectivity index (χ1n) is 5.76. The van der Waals surface area contributed by atoms with E-state index in [1.54, 1.807) is 0 Å². The Morgan fingerprint density at radius 1 is 1.32 bits per heavy atom. The molecule has 2 saturated heterocycles. The van der Waals surface area contributed by atoms with Crippen LogP contribution in [-0.2, 0) is 9.53 Å². The maximum Gasteiger partial charge on any atom is 0.490 e. The van der Waals surface area contributed by atoms with E-state index in [9.17, 15) is 18.3 Å². The fourth-order valence-electron chi connectivity index (χ4n) is 1.70. The summed E-state index contributed by atoms with van der Waals surface area (Å²) in [5, 5.41) is 20.0. The maximum absolute atomic E-state index is 10.6. The van der Waals surface area contributed by atoms with Crippen molar-refractivity contribution in [3.05, 3.63) is 0 Å². The van der Waals surface area contributed by atoms with Gasteiger partial charge in [0.1, 0.15) is 5.60 Å². The molecule has 3 N–H and O–H groups in total. The van der Waals surface area contributed by atoms with Gasteiger partial charge in [-0.1, -0.05) is 0 Å². The molecule has 2 rings (SSSR count). The zero-order valence-corrected chi connectivity index (χ0v) is 10.2. The summed E-state index contributed by atoms with van der Waals surface area (Å²) < 4.78 is 37.0. The second-order valence-corrected chi connectivity index (χ2v) is 4.52. The summed E-state index contributed by atoms with van der Waals surface area (Å²) in [6.07, 6.45) is -5.08. The molecule has 2 aliphatic heterocycles. The molecule has 2 aliphatic rings. The molecule has 0 radical (unpaired) electrons. The van der Waals surface area contributed by atoms with Crippen LogP contribution in [0.3, 0.4) is 0 Å². The Kier molecular flexibility index (Phi) is 5.53. The number of alkyl halides is 3. The van der Waals surface area contributed by atoms with Crippen molar-refractivity contribution in [1.82, 2.24) is 10.2 Å². The Balaban J connectivity index is 0.000000224. The average Bonchev–Trinajstić information content (AvgIpc) is 2.28. The Morgan fingerprint density at radius 2 is 1.79 bits per heavy atom.